The summed E-state index contributed by atoms with van der Waals surface area (Å²) >= 11 is 0. The Morgan fingerprint density at radius 1 is 0.778 bits per heavy atom. The minimum Gasteiger partial charge on any atom is -0.366 e. The lowest BCUT2D eigenvalue weighted by molar-refractivity contribution is 0.0720. The first-order valence-corrected chi connectivity index (χ1v) is 13.3. The average molecular weight is 483 g/mol. The normalized spacial score (nSPS) is 17.1. The number of amides is 2. The number of rotatable bonds is 8. The van der Waals surface area contributed by atoms with E-state index in [4.69, 9.17) is 5.73 Å². The summed E-state index contributed by atoms with van der Waals surface area (Å²) in [5, 5.41) is 2.00. The Labute approximate surface area is 212 Å². The average Bonchev–Trinajstić information content (AvgIpc) is 3.66. The van der Waals surface area contributed by atoms with Crippen molar-refractivity contribution in [2.75, 3.05) is 52.4 Å². The van der Waals surface area contributed by atoms with Crippen LogP contribution in [-0.4, -0.2) is 78.9 Å². The SMILES string of the molecule is NC(=O)c1cc2cccc3c2c(c1C(=O)N(CCN1CCCC1)CCN1CCCC1)-c1ccccc1-3. The van der Waals surface area contributed by atoms with Gasteiger partial charge in [-0.25, -0.2) is 0 Å². The molecule has 0 saturated carbocycles. The molecule has 3 aliphatic rings. The maximum Gasteiger partial charge on any atom is 0.255 e. The van der Waals surface area contributed by atoms with Gasteiger partial charge in [0.05, 0.1) is 11.1 Å². The summed E-state index contributed by atoms with van der Waals surface area (Å²) in [5.74, 6) is -0.629. The second kappa shape index (κ2) is 9.68. The molecule has 6 heteroatoms. The molecule has 2 fully saturated rings. The molecular formula is C30H34N4O2. The van der Waals surface area contributed by atoms with Gasteiger partial charge in [0.25, 0.3) is 5.91 Å². The maximum atomic E-state index is 14.4. The Balaban J connectivity index is 1.44. The number of nitrogens with two attached hydrogens (primary N) is 1. The molecule has 2 saturated heterocycles. The fourth-order valence-electron chi connectivity index (χ4n) is 6.31. The summed E-state index contributed by atoms with van der Waals surface area (Å²) in [6.07, 6.45) is 4.90. The number of likely N-dealkylation sites (tertiary alicyclic amines) is 2. The maximum absolute atomic E-state index is 14.4. The summed E-state index contributed by atoms with van der Waals surface area (Å²) in [4.78, 5) is 34.0. The number of nitrogens with zero attached hydrogens (tertiary/aromatic N) is 3. The molecule has 0 bridgehead atoms. The van der Waals surface area contributed by atoms with Gasteiger partial charge in [0, 0.05) is 31.7 Å². The van der Waals surface area contributed by atoms with E-state index < -0.39 is 5.91 Å². The van der Waals surface area contributed by atoms with E-state index in [9.17, 15) is 9.59 Å². The van der Waals surface area contributed by atoms with Crippen LogP contribution >= 0.6 is 0 Å². The smallest absolute Gasteiger partial charge is 0.255 e. The molecule has 0 atom stereocenters. The van der Waals surface area contributed by atoms with Crippen LogP contribution in [0.25, 0.3) is 33.0 Å². The molecule has 1 aliphatic carbocycles. The number of primary amides is 1. The second-order valence-corrected chi connectivity index (χ2v) is 10.4. The number of fused-ring (bicyclic) bond motifs is 3. The number of hydrogen-bond donors (Lipinski definition) is 1. The van der Waals surface area contributed by atoms with Gasteiger partial charge >= 0.3 is 0 Å². The molecule has 0 unspecified atom stereocenters. The van der Waals surface area contributed by atoms with Crippen molar-refractivity contribution >= 4 is 22.6 Å². The van der Waals surface area contributed by atoms with Crippen LogP contribution < -0.4 is 5.73 Å². The van der Waals surface area contributed by atoms with Crippen molar-refractivity contribution in [2.24, 2.45) is 5.73 Å². The van der Waals surface area contributed by atoms with Crippen molar-refractivity contribution in [3.63, 3.8) is 0 Å². The molecule has 6 rings (SSSR count). The molecule has 0 radical (unpaired) electrons. The predicted molar refractivity (Wildman–Crippen MR) is 144 cm³/mol. The molecule has 36 heavy (non-hydrogen) atoms. The van der Waals surface area contributed by atoms with Gasteiger partial charge in [0.15, 0.2) is 0 Å². The van der Waals surface area contributed by atoms with Crippen molar-refractivity contribution in [1.82, 2.24) is 14.7 Å². The van der Waals surface area contributed by atoms with Gasteiger partial charge in [0.1, 0.15) is 0 Å². The van der Waals surface area contributed by atoms with E-state index in [1.165, 1.54) is 25.7 Å². The molecule has 3 aromatic carbocycles. The molecule has 2 amide bonds. The lowest BCUT2D eigenvalue weighted by Crippen LogP contribution is -2.42. The zero-order chi connectivity index (χ0) is 24.6. The van der Waals surface area contributed by atoms with E-state index in [-0.39, 0.29) is 5.91 Å². The highest BCUT2D eigenvalue weighted by Gasteiger charge is 2.32. The molecule has 2 N–H and O–H groups in total. The zero-order valence-electron chi connectivity index (χ0n) is 20.8. The van der Waals surface area contributed by atoms with E-state index in [1.807, 2.05) is 35.2 Å². The Kier molecular flexibility index (Phi) is 6.23. The van der Waals surface area contributed by atoms with Crippen molar-refractivity contribution in [3.05, 3.63) is 59.7 Å². The number of benzene rings is 3. The molecule has 0 aromatic heterocycles. The van der Waals surface area contributed by atoms with Crippen molar-refractivity contribution in [2.45, 2.75) is 25.7 Å². The third kappa shape index (κ3) is 4.08. The first-order chi connectivity index (χ1) is 17.6. The summed E-state index contributed by atoms with van der Waals surface area (Å²) in [6.45, 7) is 7.43. The number of carbonyl (C=O) groups excluding carboxylic acids is 2. The van der Waals surface area contributed by atoms with Crippen LogP contribution in [0.5, 0.6) is 0 Å². The van der Waals surface area contributed by atoms with Gasteiger partial charge in [0.2, 0.25) is 5.91 Å². The third-order valence-corrected chi connectivity index (χ3v) is 8.19. The first-order valence-electron chi connectivity index (χ1n) is 13.3. The Hall–Kier alpha value is -3.22. The van der Waals surface area contributed by atoms with Crippen molar-refractivity contribution in [1.29, 1.82) is 0 Å². The molecule has 186 valence electrons. The fourth-order valence-corrected chi connectivity index (χ4v) is 6.31. The van der Waals surface area contributed by atoms with Gasteiger partial charge < -0.3 is 20.4 Å². The topological polar surface area (TPSA) is 69.9 Å². The lowest BCUT2D eigenvalue weighted by atomic mass is 9.91. The molecule has 6 nitrogen and oxygen atoms in total. The Bertz CT molecular complexity index is 1300. The summed E-state index contributed by atoms with van der Waals surface area (Å²) < 4.78 is 0. The van der Waals surface area contributed by atoms with E-state index in [2.05, 4.69) is 28.0 Å². The zero-order valence-corrected chi connectivity index (χ0v) is 20.8. The van der Waals surface area contributed by atoms with Crippen LogP contribution in [-0.2, 0) is 0 Å². The minimum atomic E-state index is -0.551. The second-order valence-electron chi connectivity index (χ2n) is 10.4. The third-order valence-electron chi connectivity index (χ3n) is 8.19. The quantitative estimate of drug-likeness (QED) is 0.408. The van der Waals surface area contributed by atoms with Gasteiger partial charge in [-0.05, 0) is 85.4 Å². The largest absolute Gasteiger partial charge is 0.366 e. The molecular weight excluding hydrogens is 448 g/mol. The van der Waals surface area contributed by atoms with Crippen LogP contribution in [0.2, 0.25) is 0 Å². The summed E-state index contributed by atoms with van der Waals surface area (Å²) in [5.41, 5.74) is 10.8. The van der Waals surface area contributed by atoms with Gasteiger partial charge in [-0.15, -0.1) is 0 Å². The molecule has 0 spiro atoms. The monoisotopic (exact) mass is 482 g/mol. The minimum absolute atomic E-state index is 0.0781. The van der Waals surface area contributed by atoms with Gasteiger partial charge in [-0.1, -0.05) is 42.5 Å². The van der Waals surface area contributed by atoms with E-state index in [1.54, 1.807) is 0 Å². The van der Waals surface area contributed by atoms with Crippen molar-refractivity contribution in [3.8, 4) is 22.3 Å². The highest BCUT2D eigenvalue weighted by molar-refractivity contribution is 6.24. The Morgan fingerprint density at radius 2 is 1.36 bits per heavy atom. The predicted octanol–water partition coefficient (Wildman–Crippen LogP) is 4.22. The lowest BCUT2D eigenvalue weighted by Gasteiger charge is -2.29. The Morgan fingerprint density at radius 3 is 1.97 bits per heavy atom. The molecule has 2 heterocycles. The van der Waals surface area contributed by atoms with Crippen LogP contribution in [0.4, 0.5) is 0 Å². The number of carbonyl (C=O) groups is 2. The van der Waals surface area contributed by atoms with Crippen molar-refractivity contribution < 1.29 is 9.59 Å². The summed E-state index contributed by atoms with van der Waals surface area (Å²) in [6, 6.07) is 16.1. The van der Waals surface area contributed by atoms with Gasteiger partial charge in [-0.3, -0.25) is 9.59 Å². The van der Waals surface area contributed by atoms with Gasteiger partial charge in [-0.2, -0.15) is 0 Å². The highest BCUT2D eigenvalue weighted by atomic mass is 16.2. The first kappa shape index (κ1) is 23.2. The fraction of sp³-hybridized carbons (Fsp3) is 0.400. The van der Waals surface area contributed by atoms with Crippen LogP contribution in [0.1, 0.15) is 46.4 Å². The highest BCUT2D eigenvalue weighted by Crippen LogP contribution is 2.49. The van der Waals surface area contributed by atoms with E-state index in [0.29, 0.717) is 24.2 Å². The van der Waals surface area contributed by atoms with E-state index in [0.717, 1.165) is 72.3 Å². The van der Waals surface area contributed by atoms with Crippen LogP contribution in [0.3, 0.4) is 0 Å². The molecule has 2 aliphatic heterocycles. The number of hydrogen-bond acceptors (Lipinski definition) is 4. The standard InChI is InChI=1S/C30H34N4O2/c31-29(35)25-20-21-8-7-11-23-22-9-1-2-10-24(22)27(26(21)23)28(25)30(36)34(18-16-32-12-3-4-13-32)19-17-33-14-5-6-15-33/h1-2,7-11,20H,3-6,12-19H2,(H2,31,35). The summed E-state index contributed by atoms with van der Waals surface area (Å²) in [7, 11) is 0. The molecule has 3 aromatic rings. The van der Waals surface area contributed by atoms with Crippen LogP contribution in [0, 0.1) is 0 Å². The van der Waals surface area contributed by atoms with E-state index >= 15 is 0 Å². The van der Waals surface area contributed by atoms with Crippen LogP contribution in [0.15, 0.2) is 48.5 Å².